The average molecular weight is 409 g/mol. The number of imide groups is 1. The second kappa shape index (κ2) is 7.52. The van der Waals surface area contributed by atoms with Crippen LogP contribution >= 0.6 is 0 Å². The number of nitrogens with zero attached hydrogens (tertiary/aromatic N) is 3. The van der Waals surface area contributed by atoms with E-state index in [9.17, 15) is 19.2 Å². The number of benzene rings is 1. The van der Waals surface area contributed by atoms with Crippen LogP contribution in [-0.2, 0) is 4.79 Å². The third kappa shape index (κ3) is 3.30. The third-order valence-corrected chi connectivity index (χ3v) is 6.91. The number of rotatable bonds is 3. The monoisotopic (exact) mass is 409 g/mol. The first-order chi connectivity index (χ1) is 14.5. The summed E-state index contributed by atoms with van der Waals surface area (Å²) < 4.78 is 0. The minimum Gasteiger partial charge on any atom is -0.339 e. The highest BCUT2D eigenvalue weighted by atomic mass is 16.2. The molecule has 5 rings (SSSR count). The Morgan fingerprint density at radius 3 is 2.07 bits per heavy atom. The summed E-state index contributed by atoms with van der Waals surface area (Å²) in [6, 6.07) is 4.83. The summed E-state index contributed by atoms with van der Waals surface area (Å²) in [5.41, 5.74) is 1.18. The molecule has 1 saturated heterocycles. The van der Waals surface area contributed by atoms with Gasteiger partial charge >= 0.3 is 0 Å². The normalized spacial score (nSPS) is 22.5. The van der Waals surface area contributed by atoms with Gasteiger partial charge in [0.1, 0.15) is 0 Å². The third-order valence-electron chi connectivity index (χ3n) is 6.91. The zero-order valence-corrected chi connectivity index (χ0v) is 17.1. The van der Waals surface area contributed by atoms with Crippen LogP contribution in [0.25, 0.3) is 0 Å². The van der Waals surface area contributed by atoms with E-state index in [1.54, 1.807) is 23.1 Å². The summed E-state index contributed by atoms with van der Waals surface area (Å²) in [7, 11) is 0. The molecule has 0 radical (unpaired) electrons. The van der Waals surface area contributed by atoms with Gasteiger partial charge in [-0.05, 0) is 43.9 Å². The lowest BCUT2D eigenvalue weighted by Gasteiger charge is -2.35. The van der Waals surface area contributed by atoms with Gasteiger partial charge in [0.2, 0.25) is 5.91 Å². The Morgan fingerprint density at radius 1 is 0.767 bits per heavy atom. The molecule has 0 bridgehead atoms. The molecule has 158 valence electrons. The van der Waals surface area contributed by atoms with Gasteiger partial charge in [-0.2, -0.15) is 0 Å². The maximum Gasteiger partial charge on any atom is 0.261 e. The van der Waals surface area contributed by atoms with Gasteiger partial charge in [0.25, 0.3) is 17.7 Å². The van der Waals surface area contributed by atoms with Gasteiger partial charge in [-0.25, -0.2) is 0 Å². The van der Waals surface area contributed by atoms with Crippen LogP contribution in [0.2, 0.25) is 0 Å². The number of hydrogen-bond donors (Lipinski definition) is 0. The number of hydrogen-bond acceptors (Lipinski definition) is 4. The zero-order valence-electron chi connectivity index (χ0n) is 17.1. The predicted molar refractivity (Wildman–Crippen MR) is 109 cm³/mol. The second-order valence-corrected chi connectivity index (χ2v) is 8.92. The molecule has 4 aliphatic rings. The summed E-state index contributed by atoms with van der Waals surface area (Å²) in [6.45, 7) is 2.10. The van der Waals surface area contributed by atoms with Crippen LogP contribution in [0, 0.1) is 5.92 Å². The molecular weight excluding hydrogens is 382 g/mol. The molecule has 2 saturated carbocycles. The van der Waals surface area contributed by atoms with Crippen molar-refractivity contribution in [2.75, 3.05) is 26.2 Å². The van der Waals surface area contributed by atoms with E-state index in [0.29, 0.717) is 42.9 Å². The molecule has 7 nitrogen and oxygen atoms in total. The fraction of sp³-hybridized carbons (Fsp3) is 0.565. The van der Waals surface area contributed by atoms with Crippen molar-refractivity contribution in [2.24, 2.45) is 5.92 Å². The molecule has 30 heavy (non-hydrogen) atoms. The topological polar surface area (TPSA) is 78.0 Å². The van der Waals surface area contributed by atoms with Gasteiger partial charge in [-0.1, -0.05) is 19.3 Å². The summed E-state index contributed by atoms with van der Waals surface area (Å²) in [5.74, 6) is -0.233. The first kappa shape index (κ1) is 19.3. The van der Waals surface area contributed by atoms with Crippen LogP contribution in [0.3, 0.4) is 0 Å². The molecule has 2 aliphatic carbocycles. The van der Waals surface area contributed by atoms with Crippen LogP contribution < -0.4 is 0 Å². The van der Waals surface area contributed by atoms with Crippen molar-refractivity contribution in [3.63, 3.8) is 0 Å². The molecule has 0 N–H and O–H groups in total. The van der Waals surface area contributed by atoms with Crippen LogP contribution in [-0.4, -0.2) is 70.5 Å². The van der Waals surface area contributed by atoms with E-state index in [4.69, 9.17) is 0 Å². The second-order valence-electron chi connectivity index (χ2n) is 8.92. The van der Waals surface area contributed by atoms with Crippen molar-refractivity contribution in [1.29, 1.82) is 0 Å². The Labute approximate surface area is 176 Å². The quantitative estimate of drug-likeness (QED) is 0.718. The largest absolute Gasteiger partial charge is 0.339 e. The highest BCUT2D eigenvalue weighted by Gasteiger charge is 2.41. The SMILES string of the molecule is O=C(c1ccc2c(c1)C(=O)N(C1CCCCC1)C2=O)N1CCN(C(=O)C2CC2)CC1. The summed E-state index contributed by atoms with van der Waals surface area (Å²) >= 11 is 0. The highest BCUT2D eigenvalue weighted by molar-refractivity contribution is 6.22. The molecule has 0 spiro atoms. The van der Waals surface area contributed by atoms with E-state index >= 15 is 0 Å². The van der Waals surface area contributed by atoms with E-state index in [-0.39, 0.29) is 35.6 Å². The summed E-state index contributed by atoms with van der Waals surface area (Å²) in [4.78, 5) is 56.0. The Balaban J connectivity index is 1.29. The van der Waals surface area contributed by atoms with Gasteiger partial charge in [0.15, 0.2) is 0 Å². The lowest BCUT2D eigenvalue weighted by Crippen LogP contribution is -2.51. The summed E-state index contributed by atoms with van der Waals surface area (Å²) in [6.07, 6.45) is 6.92. The lowest BCUT2D eigenvalue weighted by molar-refractivity contribution is -0.134. The number of fused-ring (bicyclic) bond motifs is 1. The first-order valence-electron chi connectivity index (χ1n) is 11.1. The van der Waals surface area contributed by atoms with E-state index in [1.807, 2.05) is 4.90 Å². The molecule has 1 aromatic carbocycles. The maximum absolute atomic E-state index is 13.0. The molecule has 0 unspecified atom stereocenters. The minimum atomic E-state index is -0.267. The maximum atomic E-state index is 13.0. The molecular formula is C23H27N3O4. The van der Waals surface area contributed by atoms with Crippen LogP contribution in [0.5, 0.6) is 0 Å². The molecule has 3 fully saturated rings. The van der Waals surface area contributed by atoms with Crippen molar-refractivity contribution in [1.82, 2.24) is 14.7 Å². The predicted octanol–water partition coefficient (Wildman–Crippen LogP) is 2.31. The molecule has 1 aromatic rings. The van der Waals surface area contributed by atoms with Crippen LogP contribution in [0.1, 0.15) is 76.0 Å². The van der Waals surface area contributed by atoms with E-state index in [0.717, 1.165) is 44.9 Å². The average Bonchev–Trinajstić information content (AvgIpc) is 3.60. The molecule has 4 amide bonds. The Morgan fingerprint density at radius 2 is 1.40 bits per heavy atom. The fourth-order valence-electron chi connectivity index (χ4n) is 4.96. The van der Waals surface area contributed by atoms with Gasteiger partial charge in [0.05, 0.1) is 11.1 Å². The smallest absolute Gasteiger partial charge is 0.261 e. The van der Waals surface area contributed by atoms with Gasteiger partial charge in [-0.3, -0.25) is 24.1 Å². The molecule has 0 atom stereocenters. The van der Waals surface area contributed by atoms with Gasteiger partial charge in [0, 0.05) is 43.7 Å². The number of piperazine rings is 1. The lowest BCUT2D eigenvalue weighted by atomic mass is 9.94. The minimum absolute atomic E-state index is 0.0256. The number of carbonyl (C=O) groups excluding carboxylic acids is 4. The number of carbonyl (C=O) groups is 4. The van der Waals surface area contributed by atoms with Gasteiger partial charge < -0.3 is 9.80 Å². The van der Waals surface area contributed by atoms with E-state index in [2.05, 4.69) is 0 Å². The van der Waals surface area contributed by atoms with Crippen molar-refractivity contribution >= 4 is 23.6 Å². The van der Waals surface area contributed by atoms with E-state index < -0.39 is 0 Å². The Kier molecular flexibility index (Phi) is 4.83. The van der Waals surface area contributed by atoms with Crippen molar-refractivity contribution < 1.29 is 19.2 Å². The first-order valence-corrected chi connectivity index (χ1v) is 11.1. The standard InChI is InChI=1S/C23H27N3O4/c27-20(15-6-7-15)24-10-12-25(13-11-24)21(28)16-8-9-18-19(14-16)23(30)26(22(18)29)17-4-2-1-3-5-17/h8-9,14-15,17H,1-7,10-13H2. The van der Waals surface area contributed by atoms with Crippen molar-refractivity contribution in [3.05, 3.63) is 34.9 Å². The molecule has 2 heterocycles. The van der Waals surface area contributed by atoms with Gasteiger partial charge in [-0.15, -0.1) is 0 Å². The Hall–Kier alpha value is -2.70. The van der Waals surface area contributed by atoms with Crippen molar-refractivity contribution in [3.8, 4) is 0 Å². The molecule has 2 aliphatic heterocycles. The molecule has 0 aromatic heterocycles. The Bertz CT molecular complexity index is 909. The van der Waals surface area contributed by atoms with Crippen LogP contribution in [0.4, 0.5) is 0 Å². The highest BCUT2D eigenvalue weighted by Crippen LogP contribution is 2.33. The molecule has 7 heteroatoms. The summed E-state index contributed by atoms with van der Waals surface area (Å²) in [5, 5.41) is 0. The van der Waals surface area contributed by atoms with Crippen LogP contribution in [0.15, 0.2) is 18.2 Å². The fourth-order valence-corrected chi connectivity index (χ4v) is 4.96. The zero-order chi connectivity index (χ0) is 20.8. The van der Waals surface area contributed by atoms with E-state index in [1.165, 1.54) is 4.90 Å². The van der Waals surface area contributed by atoms with Crippen molar-refractivity contribution in [2.45, 2.75) is 51.0 Å². The number of amides is 4.